The van der Waals surface area contributed by atoms with E-state index < -0.39 is 23.3 Å². The molecule has 0 saturated heterocycles. The van der Waals surface area contributed by atoms with Crippen molar-refractivity contribution < 1.29 is 14.4 Å². The van der Waals surface area contributed by atoms with E-state index in [4.69, 9.17) is 23.2 Å². The van der Waals surface area contributed by atoms with Gasteiger partial charge in [-0.25, -0.2) is 4.68 Å². The van der Waals surface area contributed by atoms with Crippen LogP contribution in [0.2, 0.25) is 10.0 Å². The van der Waals surface area contributed by atoms with Gasteiger partial charge in [0.15, 0.2) is 0 Å². The van der Waals surface area contributed by atoms with Gasteiger partial charge in [-0.2, -0.15) is 5.10 Å². The summed E-state index contributed by atoms with van der Waals surface area (Å²) in [6, 6.07) is 4.35. The van der Waals surface area contributed by atoms with Gasteiger partial charge in [-0.15, -0.1) is 0 Å². The van der Waals surface area contributed by atoms with Crippen molar-refractivity contribution in [1.82, 2.24) is 14.7 Å². The van der Waals surface area contributed by atoms with Crippen LogP contribution in [0.5, 0.6) is 0 Å². The standard InChI is InChI=1S/C15H10Cl2N4O4/c1-20-13(23)8-3-2-7(4-9(8)14(20)24)19-11(22)6-21-15(25)12(17)10(16)5-18-21/h2-5H,6H2,1H3,(H,19,22). The Morgan fingerprint density at radius 2 is 1.84 bits per heavy atom. The zero-order chi connectivity index (χ0) is 18.3. The number of hydrogen-bond donors (Lipinski definition) is 1. The van der Waals surface area contributed by atoms with Crippen molar-refractivity contribution in [2.75, 3.05) is 12.4 Å². The van der Waals surface area contributed by atoms with Crippen molar-refractivity contribution in [1.29, 1.82) is 0 Å². The number of anilines is 1. The van der Waals surface area contributed by atoms with Gasteiger partial charge in [0.2, 0.25) is 5.91 Å². The first-order valence-corrected chi connectivity index (χ1v) is 7.72. The van der Waals surface area contributed by atoms with E-state index in [2.05, 4.69) is 10.4 Å². The lowest BCUT2D eigenvalue weighted by atomic mass is 10.1. The van der Waals surface area contributed by atoms with Gasteiger partial charge >= 0.3 is 0 Å². The van der Waals surface area contributed by atoms with Crippen LogP contribution < -0.4 is 10.9 Å². The number of amides is 3. The van der Waals surface area contributed by atoms with Gasteiger partial charge in [0.05, 0.1) is 22.3 Å². The highest BCUT2D eigenvalue weighted by molar-refractivity contribution is 6.41. The predicted octanol–water partition coefficient (Wildman–Crippen LogP) is 1.41. The molecular weight excluding hydrogens is 371 g/mol. The Labute approximate surface area is 150 Å². The molecule has 1 aliphatic heterocycles. The highest BCUT2D eigenvalue weighted by Crippen LogP contribution is 2.24. The molecule has 1 aromatic carbocycles. The minimum atomic E-state index is -0.694. The van der Waals surface area contributed by atoms with Crippen molar-refractivity contribution >= 4 is 46.6 Å². The van der Waals surface area contributed by atoms with Crippen LogP contribution in [0, 0.1) is 0 Å². The fourth-order valence-corrected chi connectivity index (χ4v) is 2.60. The summed E-state index contributed by atoms with van der Waals surface area (Å²) in [6.07, 6.45) is 1.16. The number of nitrogens with one attached hydrogen (secondary N) is 1. The first kappa shape index (κ1) is 17.1. The molecule has 1 aromatic heterocycles. The summed E-state index contributed by atoms with van der Waals surface area (Å²) >= 11 is 11.4. The van der Waals surface area contributed by atoms with Crippen LogP contribution in [0.1, 0.15) is 20.7 Å². The second-order valence-electron chi connectivity index (χ2n) is 5.25. The van der Waals surface area contributed by atoms with E-state index in [1.807, 2.05) is 0 Å². The molecule has 0 bridgehead atoms. The maximum atomic E-state index is 12.1. The number of imide groups is 1. The highest BCUT2D eigenvalue weighted by Gasteiger charge is 2.32. The quantitative estimate of drug-likeness (QED) is 0.811. The minimum absolute atomic E-state index is 0.00533. The normalized spacial score (nSPS) is 13.2. The van der Waals surface area contributed by atoms with Crippen LogP contribution in [-0.4, -0.2) is 39.4 Å². The Kier molecular flexibility index (Phi) is 4.32. The van der Waals surface area contributed by atoms with Gasteiger partial charge in [-0.3, -0.25) is 24.1 Å². The maximum absolute atomic E-state index is 12.1. The van der Waals surface area contributed by atoms with E-state index in [1.54, 1.807) is 0 Å². The molecule has 0 saturated carbocycles. The van der Waals surface area contributed by atoms with E-state index in [-0.39, 0.29) is 27.7 Å². The SMILES string of the molecule is CN1C(=O)c2ccc(NC(=O)Cn3ncc(Cl)c(Cl)c3=O)cc2C1=O. The molecule has 0 atom stereocenters. The van der Waals surface area contributed by atoms with Crippen LogP contribution in [0.3, 0.4) is 0 Å². The number of carbonyl (C=O) groups excluding carboxylic acids is 3. The molecule has 0 fully saturated rings. The summed E-state index contributed by atoms with van der Waals surface area (Å²) in [6.45, 7) is -0.389. The summed E-state index contributed by atoms with van der Waals surface area (Å²) in [5.74, 6) is -1.40. The largest absolute Gasteiger partial charge is 0.324 e. The number of benzene rings is 1. The molecule has 0 unspecified atom stereocenters. The fourth-order valence-electron chi connectivity index (χ4n) is 2.33. The first-order valence-electron chi connectivity index (χ1n) is 6.97. The fraction of sp³-hybridized carbons (Fsp3) is 0.133. The lowest BCUT2D eigenvalue weighted by Gasteiger charge is -2.08. The lowest BCUT2D eigenvalue weighted by molar-refractivity contribution is -0.117. The second-order valence-corrected chi connectivity index (χ2v) is 6.03. The van der Waals surface area contributed by atoms with Crippen LogP contribution >= 0.6 is 23.2 Å². The Morgan fingerprint density at radius 3 is 2.56 bits per heavy atom. The molecule has 3 amide bonds. The zero-order valence-corrected chi connectivity index (χ0v) is 14.3. The molecule has 25 heavy (non-hydrogen) atoms. The Hall–Kier alpha value is -2.71. The molecule has 0 radical (unpaired) electrons. The molecule has 1 aliphatic rings. The van der Waals surface area contributed by atoms with Crippen molar-refractivity contribution in [3.63, 3.8) is 0 Å². The van der Waals surface area contributed by atoms with Gasteiger partial charge in [-0.1, -0.05) is 23.2 Å². The summed E-state index contributed by atoms with van der Waals surface area (Å²) in [7, 11) is 1.38. The zero-order valence-electron chi connectivity index (χ0n) is 12.7. The molecule has 2 heterocycles. The van der Waals surface area contributed by atoms with Gasteiger partial charge in [-0.05, 0) is 18.2 Å². The number of halogens is 2. The molecule has 2 aromatic rings. The number of fused-ring (bicyclic) bond motifs is 1. The Bertz CT molecular complexity index is 986. The molecule has 10 heteroatoms. The van der Waals surface area contributed by atoms with Crippen LogP contribution in [-0.2, 0) is 11.3 Å². The summed E-state index contributed by atoms with van der Waals surface area (Å²) < 4.78 is 0.860. The van der Waals surface area contributed by atoms with Crippen molar-refractivity contribution in [3.8, 4) is 0 Å². The van der Waals surface area contributed by atoms with E-state index in [0.717, 1.165) is 15.8 Å². The van der Waals surface area contributed by atoms with Gasteiger partial charge in [0, 0.05) is 12.7 Å². The van der Waals surface area contributed by atoms with E-state index >= 15 is 0 Å². The molecule has 3 rings (SSSR count). The molecular formula is C15H10Cl2N4O4. The van der Waals surface area contributed by atoms with Gasteiger partial charge in [0.1, 0.15) is 11.6 Å². The third kappa shape index (κ3) is 3.01. The van der Waals surface area contributed by atoms with Crippen LogP contribution in [0.4, 0.5) is 5.69 Å². The van der Waals surface area contributed by atoms with Gasteiger partial charge in [0.25, 0.3) is 17.4 Å². The summed E-state index contributed by atoms with van der Waals surface area (Å²) in [5.41, 5.74) is 0.0944. The molecule has 0 spiro atoms. The third-order valence-electron chi connectivity index (χ3n) is 3.61. The molecule has 128 valence electrons. The van der Waals surface area contributed by atoms with E-state index in [9.17, 15) is 19.2 Å². The van der Waals surface area contributed by atoms with Crippen LogP contribution in [0.25, 0.3) is 0 Å². The minimum Gasteiger partial charge on any atom is -0.324 e. The van der Waals surface area contributed by atoms with E-state index in [0.29, 0.717) is 5.69 Å². The number of carbonyl (C=O) groups is 3. The molecule has 8 nitrogen and oxygen atoms in total. The predicted molar refractivity (Wildman–Crippen MR) is 90.0 cm³/mol. The summed E-state index contributed by atoms with van der Waals surface area (Å²) in [5, 5.41) is 6.03. The average Bonchev–Trinajstić information content (AvgIpc) is 2.80. The molecule has 1 N–H and O–H groups in total. The third-order valence-corrected chi connectivity index (χ3v) is 4.36. The van der Waals surface area contributed by atoms with Gasteiger partial charge < -0.3 is 5.32 Å². The smallest absolute Gasteiger partial charge is 0.287 e. The lowest BCUT2D eigenvalue weighted by Crippen LogP contribution is -2.29. The van der Waals surface area contributed by atoms with Crippen molar-refractivity contribution in [2.45, 2.75) is 6.54 Å². The van der Waals surface area contributed by atoms with E-state index in [1.165, 1.54) is 25.2 Å². The first-order chi connectivity index (χ1) is 11.8. The number of nitrogens with zero attached hydrogens (tertiary/aromatic N) is 3. The number of aromatic nitrogens is 2. The average molecular weight is 381 g/mol. The Morgan fingerprint density at radius 1 is 1.16 bits per heavy atom. The number of hydrogen-bond acceptors (Lipinski definition) is 5. The molecule has 0 aliphatic carbocycles. The monoisotopic (exact) mass is 380 g/mol. The Balaban J connectivity index is 1.79. The maximum Gasteiger partial charge on any atom is 0.287 e. The van der Waals surface area contributed by atoms with Crippen LogP contribution in [0.15, 0.2) is 29.2 Å². The highest BCUT2D eigenvalue weighted by atomic mass is 35.5. The topological polar surface area (TPSA) is 101 Å². The number of rotatable bonds is 3. The van der Waals surface area contributed by atoms with Crippen molar-refractivity contribution in [2.24, 2.45) is 0 Å². The summed E-state index contributed by atoms with van der Waals surface area (Å²) in [4.78, 5) is 48.7. The van der Waals surface area contributed by atoms with Crippen molar-refractivity contribution in [3.05, 3.63) is 55.9 Å². The second kappa shape index (κ2) is 6.30.